The van der Waals surface area contributed by atoms with Gasteiger partial charge in [0.2, 0.25) is 0 Å². The van der Waals surface area contributed by atoms with Gasteiger partial charge in [-0.15, -0.1) is 0 Å². The van der Waals surface area contributed by atoms with Crippen LogP contribution in [0.5, 0.6) is 0 Å². The van der Waals surface area contributed by atoms with Gasteiger partial charge in [0.05, 0.1) is 52.4 Å². The van der Waals surface area contributed by atoms with E-state index in [1.54, 1.807) is 0 Å². The summed E-state index contributed by atoms with van der Waals surface area (Å²) in [6.45, 7) is 29.6. The predicted octanol–water partition coefficient (Wildman–Crippen LogP) is 6.21. The molecular weight excluding hydrogens is 444 g/mol. The maximum absolute atomic E-state index is 9.26. The second-order valence-corrected chi connectivity index (χ2v) is 13.0. The first-order valence-corrected chi connectivity index (χ1v) is 16.2. The average molecular weight is 501 g/mol. The number of rotatable bonds is 16. The monoisotopic (exact) mass is 500 g/mol. The Kier molecular flexibility index (Phi) is 26.2. The maximum atomic E-state index is 9.26. The number of nitrogens with zero attached hydrogens (tertiary/aromatic N) is 2. The quantitative estimate of drug-likeness (QED) is 0.236. The van der Waals surface area contributed by atoms with E-state index in [-0.39, 0.29) is 0 Å². The van der Waals surface area contributed by atoms with E-state index in [1.807, 2.05) is 0 Å². The van der Waals surface area contributed by atoms with E-state index in [9.17, 15) is 9.11 Å². The molecule has 0 heterocycles. The summed E-state index contributed by atoms with van der Waals surface area (Å²) in [6, 6.07) is 0. The van der Waals surface area contributed by atoms with Crippen molar-refractivity contribution in [2.24, 2.45) is 0 Å². The van der Waals surface area contributed by atoms with E-state index < -0.39 is 7.71 Å². The molecule has 0 aliphatic heterocycles. The fraction of sp³-hybridized carbons (Fsp3) is 1.00. The minimum atomic E-state index is -3.50. The van der Waals surface area contributed by atoms with E-state index in [0.29, 0.717) is 0 Å². The molecule has 7 heteroatoms. The van der Waals surface area contributed by atoms with Crippen LogP contribution in [-0.4, -0.2) is 70.4 Å². The highest BCUT2D eigenvalue weighted by molar-refractivity contribution is 8.50. The van der Waals surface area contributed by atoms with Crippen molar-refractivity contribution in [3.05, 3.63) is 0 Å². The topological polar surface area (TPSA) is 46.1 Å². The lowest BCUT2D eigenvalue weighted by atomic mass is 10.2. The van der Waals surface area contributed by atoms with Gasteiger partial charge in [-0.05, 0) is 51.4 Å². The van der Waals surface area contributed by atoms with E-state index in [1.165, 1.54) is 113 Å². The smallest absolute Gasteiger partial charge is 0.0783 e. The van der Waals surface area contributed by atoms with Crippen LogP contribution in [-0.2, 0) is 30.1 Å². The lowest BCUT2D eigenvalue weighted by molar-refractivity contribution is -0.928. The first-order valence-electron chi connectivity index (χ1n) is 12.9. The lowest BCUT2D eigenvalue weighted by Gasteiger charge is -2.38. The van der Waals surface area contributed by atoms with E-state index in [2.05, 4.69) is 77.8 Å². The SMILES string of the molecule is CCC[N+](CCC)(CCC)CCC.CCC[N+](CCC)(CCC)CCC.[O-]S([O-])(=S)=S. The van der Waals surface area contributed by atoms with Gasteiger partial charge in [0, 0.05) is 0 Å². The molecule has 0 N–H and O–H groups in total. The van der Waals surface area contributed by atoms with Crippen molar-refractivity contribution >= 4 is 30.1 Å². The zero-order valence-corrected chi connectivity index (χ0v) is 24.7. The summed E-state index contributed by atoms with van der Waals surface area (Å²) in [4.78, 5) is 0. The molecule has 0 aromatic heterocycles. The van der Waals surface area contributed by atoms with Crippen LogP contribution in [0.1, 0.15) is 107 Å². The molecule has 0 amide bonds. The number of hydrogen-bond acceptors (Lipinski definition) is 4. The zero-order valence-electron chi connectivity index (χ0n) is 22.2. The highest BCUT2D eigenvalue weighted by atomic mass is 33.1. The highest BCUT2D eigenvalue weighted by Crippen LogP contribution is 2.13. The molecule has 0 rings (SSSR count). The average Bonchev–Trinajstić information content (AvgIpc) is 2.63. The Hall–Kier alpha value is 0.630. The van der Waals surface area contributed by atoms with Gasteiger partial charge >= 0.3 is 0 Å². The van der Waals surface area contributed by atoms with Gasteiger partial charge in [0.25, 0.3) is 0 Å². The zero-order chi connectivity index (χ0) is 24.8. The van der Waals surface area contributed by atoms with Crippen molar-refractivity contribution in [1.29, 1.82) is 0 Å². The van der Waals surface area contributed by atoms with E-state index in [4.69, 9.17) is 0 Å². The van der Waals surface area contributed by atoms with Crippen LogP contribution in [0.25, 0.3) is 0 Å². The molecule has 192 valence electrons. The van der Waals surface area contributed by atoms with Gasteiger partial charge in [-0.25, -0.2) is 7.71 Å². The van der Waals surface area contributed by atoms with E-state index >= 15 is 0 Å². The van der Waals surface area contributed by atoms with Crippen LogP contribution in [0.2, 0.25) is 0 Å². The maximum Gasteiger partial charge on any atom is 0.0783 e. The molecule has 0 aliphatic rings. The lowest BCUT2D eigenvalue weighted by Crippen LogP contribution is -2.50. The molecular formula is C24H56N2O2S3. The Morgan fingerprint density at radius 1 is 0.419 bits per heavy atom. The fourth-order valence-electron chi connectivity index (χ4n) is 5.14. The molecule has 0 radical (unpaired) electrons. The van der Waals surface area contributed by atoms with Gasteiger partial charge in [0.1, 0.15) is 0 Å². The molecule has 0 aliphatic carbocycles. The Balaban J connectivity index is -0.000000416. The molecule has 0 aromatic carbocycles. The van der Waals surface area contributed by atoms with Crippen LogP contribution in [0, 0.1) is 0 Å². The Morgan fingerprint density at radius 3 is 0.581 bits per heavy atom. The molecule has 0 bridgehead atoms. The largest absolute Gasteiger partial charge is 0.801 e. The summed E-state index contributed by atoms with van der Waals surface area (Å²) in [5.74, 6) is 0. The highest BCUT2D eigenvalue weighted by Gasteiger charge is 2.23. The van der Waals surface area contributed by atoms with Crippen LogP contribution in [0.3, 0.4) is 0 Å². The third-order valence-corrected chi connectivity index (χ3v) is 5.58. The molecule has 31 heavy (non-hydrogen) atoms. The molecule has 0 aromatic rings. The van der Waals surface area contributed by atoms with Crippen molar-refractivity contribution in [1.82, 2.24) is 0 Å². The molecule has 4 nitrogen and oxygen atoms in total. The van der Waals surface area contributed by atoms with Gasteiger partial charge in [-0.2, -0.15) is 0 Å². The Bertz CT molecular complexity index is 376. The number of hydrogen-bond donors (Lipinski definition) is 0. The van der Waals surface area contributed by atoms with Gasteiger partial charge < -0.3 is 18.1 Å². The van der Waals surface area contributed by atoms with Gasteiger partial charge in [-0.3, -0.25) is 0 Å². The predicted molar refractivity (Wildman–Crippen MR) is 145 cm³/mol. The van der Waals surface area contributed by atoms with Crippen molar-refractivity contribution in [2.75, 3.05) is 52.4 Å². The van der Waals surface area contributed by atoms with Crippen LogP contribution < -0.4 is 0 Å². The van der Waals surface area contributed by atoms with Crippen LogP contribution in [0.15, 0.2) is 0 Å². The molecule has 0 saturated carbocycles. The first kappa shape index (κ1) is 36.2. The standard InChI is InChI=1S/2C12H28N.H2O2S3/c2*1-5-9-13(10-6-2,11-7-3)12-8-4;1-5(2,3)4/h2*5-12H2,1-4H3;(H2,1,2,3,4)/q2*+1;/p-2. The number of quaternary nitrogens is 2. The molecule has 0 atom stereocenters. The first-order chi connectivity index (χ1) is 14.5. The summed E-state index contributed by atoms with van der Waals surface area (Å²) in [5.41, 5.74) is 0. The second-order valence-electron chi connectivity index (χ2n) is 8.88. The van der Waals surface area contributed by atoms with Crippen molar-refractivity contribution in [3.8, 4) is 0 Å². The van der Waals surface area contributed by atoms with Crippen LogP contribution >= 0.6 is 0 Å². The van der Waals surface area contributed by atoms with Crippen LogP contribution in [0.4, 0.5) is 0 Å². The van der Waals surface area contributed by atoms with Gasteiger partial charge in [-0.1, -0.05) is 77.8 Å². The van der Waals surface area contributed by atoms with E-state index in [0.717, 1.165) is 0 Å². The third-order valence-electron chi connectivity index (χ3n) is 5.58. The minimum absolute atomic E-state index is 1.33. The molecule has 0 unspecified atom stereocenters. The minimum Gasteiger partial charge on any atom is -0.801 e. The summed E-state index contributed by atoms with van der Waals surface area (Å²) in [5, 5.41) is 0. The summed E-state index contributed by atoms with van der Waals surface area (Å²) in [6.07, 6.45) is 10.7. The van der Waals surface area contributed by atoms with Gasteiger partial charge in [0.15, 0.2) is 0 Å². The molecule has 0 saturated heterocycles. The summed E-state index contributed by atoms with van der Waals surface area (Å²) < 4.78 is 21.3. The summed E-state index contributed by atoms with van der Waals surface area (Å²) in [7, 11) is -3.50. The Morgan fingerprint density at radius 2 is 0.516 bits per heavy atom. The third kappa shape index (κ3) is 23.6. The Labute approximate surface area is 206 Å². The molecule has 0 fully saturated rings. The van der Waals surface area contributed by atoms with Crippen molar-refractivity contribution in [2.45, 2.75) is 107 Å². The summed E-state index contributed by atoms with van der Waals surface area (Å²) >= 11 is 7.23. The second kappa shape index (κ2) is 22.4. The van der Waals surface area contributed by atoms with Crippen molar-refractivity contribution < 1.29 is 18.1 Å². The fourth-order valence-corrected chi connectivity index (χ4v) is 5.14. The normalized spacial score (nSPS) is 11.9. The molecule has 0 spiro atoms. The van der Waals surface area contributed by atoms with Crippen molar-refractivity contribution in [3.63, 3.8) is 0 Å².